The van der Waals surface area contributed by atoms with Crippen LogP contribution in [0.15, 0.2) is 54.6 Å². The number of nitrogens with zero attached hydrogens (tertiary/aromatic N) is 2. The van der Waals surface area contributed by atoms with Crippen molar-refractivity contribution in [1.82, 2.24) is 0 Å². The number of anilines is 1. The van der Waals surface area contributed by atoms with Gasteiger partial charge >= 0.3 is 0 Å². The van der Waals surface area contributed by atoms with Crippen molar-refractivity contribution in [3.05, 3.63) is 66.2 Å². The van der Waals surface area contributed by atoms with Crippen LogP contribution in [0.2, 0.25) is 0 Å². The molecule has 0 spiro atoms. The number of nitriles is 1. The molecule has 2 heteroatoms. The Morgan fingerprint density at radius 3 is 2.47 bits per heavy atom. The maximum absolute atomic E-state index is 8.87. The Bertz CT molecular complexity index is 485. The fraction of sp³-hybridized carbons (Fsp3) is 0.133. The molecule has 2 rings (SSSR count). The summed E-state index contributed by atoms with van der Waals surface area (Å²) in [5.74, 6) is 0. The first kappa shape index (κ1) is 11.2. The summed E-state index contributed by atoms with van der Waals surface area (Å²) in [6.07, 6.45) is 0. The molecule has 17 heavy (non-hydrogen) atoms. The van der Waals surface area contributed by atoms with E-state index in [-0.39, 0.29) is 0 Å². The van der Waals surface area contributed by atoms with Gasteiger partial charge in [-0.25, -0.2) is 0 Å². The molecule has 0 aromatic heterocycles. The zero-order valence-corrected chi connectivity index (χ0v) is 9.50. The molecular formula is C15H13N2. The molecule has 0 saturated carbocycles. The van der Waals surface area contributed by atoms with E-state index in [2.05, 4.69) is 12.1 Å². The lowest BCUT2D eigenvalue weighted by Gasteiger charge is -2.21. The molecule has 0 aliphatic rings. The zero-order chi connectivity index (χ0) is 11.9. The Labute approximate surface area is 102 Å². The first-order chi connectivity index (χ1) is 8.40. The van der Waals surface area contributed by atoms with Gasteiger partial charge in [-0.05, 0) is 23.8 Å². The standard InChI is InChI=1S/C15H13N2/c16-11-12-17(15-9-5-2-6-10-15)13-14-7-3-1-4-8-14/h1-7,9-10H,12-13H2. The number of hydrogen-bond donors (Lipinski definition) is 0. The van der Waals surface area contributed by atoms with Crippen LogP contribution in [0.3, 0.4) is 0 Å². The maximum atomic E-state index is 8.87. The van der Waals surface area contributed by atoms with Crippen LogP contribution in [-0.4, -0.2) is 6.54 Å². The highest BCUT2D eigenvalue weighted by Gasteiger charge is 2.05. The first-order valence-corrected chi connectivity index (χ1v) is 5.52. The van der Waals surface area contributed by atoms with E-state index in [0.29, 0.717) is 13.1 Å². The average molecular weight is 221 g/mol. The van der Waals surface area contributed by atoms with Crippen LogP contribution in [-0.2, 0) is 6.54 Å². The van der Waals surface area contributed by atoms with Crippen LogP contribution in [0, 0.1) is 17.4 Å². The van der Waals surface area contributed by atoms with Gasteiger partial charge in [-0.15, -0.1) is 0 Å². The Balaban J connectivity index is 2.17. The van der Waals surface area contributed by atoms with Gasteiger partial charge in [0.25, 0.3) is 0 Å². The minimum Gasteiger partial charge on any atom is -0.354 e. The zero-order valence-electron chi connectivity index (χ0n) is 9.50. The predicted molar refractivity (Wildman–Crippen MR) is 68.4 cm³/mol. The summed E-state index contributed by atoms with van der Waals surface area (Å²) < 4.78 is 0. The first-order valence-electron chi connectivity index (χ1n) is 5.52. The van der Waals surface area contributed by atoms with E-state index in [0.717, 1.165) is 11.3 Å². The summed E-state index contributed by atoms with van der Waals surface area (Å²) in [6.45, 7) is 1.09. The van der Waals surface area contributed by atoms with Crippen LogP contribution in [0.1, 0.15) is 5.56 Å². The molecule has 0 aliphatic heterocycles. The van der Waals surface area contributed by atoms with E-state index in [9.17, 15) is 0 Å². The summed E-state index contributed by atoms with van der Waals surface area (Å²) in [7, 11) is 0. The third-order valence-corrected chi connectivity index (χ3v) is 2.52. The van der Waals surface area contributed by atoms with Gasteiger partial charge < -0.3 is 4.90 Å². The lowest BCUT2D eigenvalue weighted by Crippen LogP contribution is -2.22. The fourth-order valence-electron chi connectivity index (χ4n) is 1.70. The smallest absolute Gasteiger partial charge is 0.106 e. The lowest BCUT2D eigenvalue weighted by molar-refractivity contribution is 0.871. The topological polar surface area (TPSA) is 27.0 Å². The highest BCUT2D eigenvalue weighted by Crippen LogP contribution is 2.15. The summed E-state index contributed by atoms with van der Waals surface area (Å²) in [5, 5.41) is 8.87. The second-order valence-corrected chi connectivity index (χ2v) is 3.74. The van der Waals surface area contributed by atoms with Crippen molar-refractivity contribution < 1.29 is 0 Å². The van der Waals surface area contributed by atoms with Crippen molar-refractivity contribution in [2.24, 2.45) is 0 Å². The van der Waals surface area contributed by atoms with E-state index >= 15 is 0 Å². The average Bonchev–Trinajstić information content (AvgIpc) is 2.40. The minimum atomic E-state index is 0.382. The molecule has 0 heterocycles. The molecule has 1 radical (unpaired) electrons. The molecule has 83 valence electrons. The van der Waals surface area contributed by atoms with Crippen LogP contribution < -0.4 is 4.90 Å². The van der Waals surface area contributed by atoms with Gasteiger partial charge in [-0.2, -0.15) is 5.26 Å². The Kier molecular flexibility index (Phi) is 3.77. The number of benzene rings is 2. The monoisotopic (exact) mass is 221 g/mol. The molecule has 0 bridgehead atoms. The van der Waals surface area contributed by atoms with Gasteiger partial charge in [-0.3, -0.25) is 0 Å². The lowest BCUT2D eigenvalue weighted by atomic mass is 10.2. The van der Waals surface area contributed by atoms with Gasteiger partial charge in [0, 0.05) is 12.2 Å². The molecule has 0 unspecified atom stereocenters. The molecule has 2 aromatic rings. The molecule has 2 nitrogen and oxygen atoms in total. The van der Waals surface area contributed by atoms with Crippen LogP contribution in [0.5, 0.6) is 0 Å². The van der Waals surface area contributed by atoms with Gasteiger partial charge in [0.1, 0.15) is 6.54 Å². The van der Waals surface area contributed by atoms with E-state index < -0.39 is 0 Å². The quantitative estimate of drug-likeness (QED) is 0.742. The molecule has 0 N–H and O–H groups in total. The van der Waals surface area contributed by atoms with Crippen LogP contribution >= 0.6 is 0 Å². The second-order valence-electron chi connectivity index (χ2n) is 3.74. The van der Waals surface area contributed by atoms with Gasteiger partial charge in [-0.1, -0.05) is 42.5 Å². The van der Waals surface area contributed by atoms with Crippen molar-refractivity contribution in [3.8, 4) is 6.07 Å². The molecule has 0 fully saturated rings. The molecule has 0 atom stereocenters. The third-order valence-electron chi connectivity index (χ3n) is 2.52. The van der Waals surface area contributed by atoms with Crippen molar-refractivity contribution in [1.29, 1.82) is 5.26 Å². The van der Waals surface area contributed by atoms with Gasteiger partial charge in [0.15, 0.2) is 0 Å². The van der Waals surface area contributed by atoms with E-state index in [1.807, 2.05) is 59.5 Å². The maximum Gasteiger partial charge on any atom is 0.106 e. The Hall–Kier alpha value is -2.27. The van der Waals surface area contributed by atoms with Crippen LogP contribution in [0.4, 0.5) is 5.69 Å². The van der Waals surface area contributed by atoms with Crippen molar-refractivity contribution >= 4 is 5.69 Å². The van der Waals surface area contributed by atoms with Gasteiger partial charge in [0.2, 0.25) is 0 Å². The number of hydrogen-bond acceptors (Lipinski definition) is 2. The summed E-state index contributed by atoms with van der Waals surface area (Å²) in [6, 6.07) is 23.2. The van der Waals surface area contributed by atoms with E-state index in [4.69, 9.17) is 5.26 Å². The molecule has 0 saturated heterocycles. The predicted octanol–water partition coefficient (Wildman–Crippen LogP) is 3.02. The fourth-order valence-corrected chi connectivity index (χ4v) is 1.70. The molecule has 0 amide bonds. The van der Waals surface area contributed by atoms with Crippen LogP contribution in [0.25, 0.3) is 0 Å². The molecule has 0 aliphatic carbocycles. The molecular weight excluding hydrogens is 208 g/mol. The van der Waals surface area contributed by atoms with E-state index in [1.54, 1.807) is 0 Å². The summed E-state index contributed by atoms with van der Waals surface area (Å²) in [5.41, 5.74) is 2.15. The second kappa shape index (κ2) is 5.72. The van der Waals surface area contributed by atoms with Crippen molar-refractivity contribution in [2.45, 2.75) is 6.54 Å². The minimum absolute atomic E-state index is 0.382. The number of para-hydroxylation sites is 1. The summed E-state index contributed by atoms with van der Waals surface area (Å²) in [4.78, 5) is 2.03. The number of rotatable bonds is 4. The normalized spacial score (nSPS) is 9.59. The van der Waals surface area contributed by atoms with Crippen molar-refractivity contribution in [2.75, 3.05) is 11.4 Å². The van der Waals surface area contributed by atoms with Crippen molar-refractivity contribution in [3.63, 3.8) is 0 Å². The Morgan fingerprint density at radius 2 is 1.82 bits per heavy atom. The Morgan fingerprint density at radius 1 is 1.06 bits per heavy atom. The largest absolute Gasteiger partial charge is 0.354 e. The third kappa shape index (κ3) is 3.09. The molecule has 2 aromatic carbocycles. The summed E-state index contributed by atoms with van der Waals surface area (Å²) >= 11 is 0. The SMILES string of the molecule is N#CCN(Cc1[c]cccc1)c1ccccc1. The highest BCUT2D eigenvalue weighted by atomic mass is 15.1. The highest BCUT2D eigenvalue weighted by molar-refractivity contribution is 5.47. The van der Waals surface area contributed by atoms with Gasteiger partial charge in [0.05, 0.1) is 6.07 Å². The van der Waals surface area contributed by atoms with E-state index in [1.165, 1.54) is 0 Å².